The summed E-state index contributed by atoms with van der Waals surface area (Å²) in [6.45, 7) is 8.65. The van der Waals surface area contributed by atoms with Crippen LogP contribution in [0.5, 0.6) is 0 Å². The minimum atomic E-state index is -0.123. The lowest BCUT2D eigenvalue weighted by Crippen LogP contribution is -2.25. The molecule has 3 rings (SSSR count). The highest BCUT2D eigenvalue weighted by molar-refractivity contribution is 6.32. The first-order chi connectivity index (χ1) is 13.4. The maximum Gasteiger partial charge on any atom is 0.255 e. The Morgan fingerprint density at radius 1 is 1.07 bits per heavy atom. The van der Waals surface area contributed by atoms with Gasteiger partial charge >= 0.3 is 0 Å². The van der Waals surface area contributed by atoms with Crippen LogP contribution in [0, 0.1) is 0 Å². The second-order valence-corrected chi connectivity index (χ2v) is 7.76. The van der Waals surface area contributed by atoms with Gasteiger partial charge in [-0.2, -0.15) is 5.10 Å². The molecule has 146 valence electrons. The van der Waals surface area contributed by atoms with E-state index in [1.54, 1.807) is 12.4 Å². The number of para-hydroxylation sites is 1. The number of amides is 1. The standard InChI is InChI=1S/C22H25ClN4O/c1-14(2)20-19(22(28)25-13-16-9-11-24-12-10-16)21(15(3)4)27(26-20)18-8-6-5-7-17(18)23/h5-12,14-15H,13H2,1-4H3,(H,25,28). The van der Waals surface area contributed by atoms with Crippen LogP contribution in [-0.4, -0.2) is 20.7 Å². The average Bonchev–Trinajstić information content (AvgIpc) is 3.08. The van der Waals surface area contributed by atoms with E-state index in [2.05, 4.69) is 24.1 Å². The van der Waals surface area contributed by atoms with Crippen LogP contribution in [0.2, 0.25) is 5.02 Å². The van der Waals surface area contributed by atoms with Gasteiger partial charge in [0, 0.05) is 18.9 Å². The van der Waals surface area contributed by atoms with Crippen LogP contribution in [-0.2, 0) is 6.54 Å². The number of benzene rings is 1. The summed E-state index contributed by atoms with van der Waals surface area (Å²) in [5.41, 5.74) is 4.06. The molecule has 0 radical (unpaired) electrons. The van der Waals surface area contributed by atoms with Gasteiger partial charge in [0.05, 0.1) is 27.7 Å². The van der Waals surface area contributed by atoms with Gasteiger partial charge in [0.1, 0.15) is 0 Å². The monoisotopic (exact) mass is 396 g/mol. The molecule has 0 fully saturated rings. The first-order valence-electron chi connectivity index (χ1n) is 9.45. The normalized spacial score (nSPS) is 11.2. The Labute approximate surface area is 170 Å². The molecule has 0 saturated heterocycles. The van der Waals surface area contributed by atoms with E-state index in [4.69, 9.17) is 16.7 Å². The van der Waals surface area contributed by atoms with Crippen LogP contribution in [0.25, 0.3) is 5.69 Å². The largest absolute Gasteiger partial charge is 0.348 e. The maximum atomic E-state index is 13.2. The van der Waals surface area contributed by atoms with E-state index in [9.17, 15) is 4.79 Å². The number of carbonyl (C=O) groups excluding carboxylic acids is 1. The van der Waals surface area contributed by atoms with Crippen molar-refractivity contribution in [1.82, 2.24) is 20.1 Å². The van der Waals surface area contributed by atoms with Gasteiger partial charge in [0.25, 0.3) is 5.91 Å². The van der Waals surface area contributed by atoms with Crippen molar-refractivity contribution in [3.8, 4) is 5.69 Å². The van der Waals surface area contributed by atoms with E-state index in [-0.39, 0.29) is 17.7 Å². The highest BCUT2D eigenvalue weighted by Crippen LogP contribution is 2.32. The molecule has 28 heavy (non-hydrogen) atoms. The van der Waals surface area contributed by atoms with Gasteiger partial charge in [0.2, 0.25) is 0 Å². The van der Waals surface area contributed by atoms with Gasteiger partial charge in [-0.3, -0.25) is 9.78 Å². The topological polar surface area (TPSA) is 59.8 Å². The Bertz CT molecular complexity index is 964. The van der Waals surface area contributed by atoms with Crippen molar-refractivity contribution in [3.63, 3.8) is 0 Å². The molecule has 1 aromatic carbocycles. The van der Waals surface area contributed by atoms with Gasteiger partial charge in [-0.05, 0) is 41.7 Å². The van der Waals surface area contributed by atoms with E-state index in [0.717, 1.165) is 22.6 Å². The Kier molecular flexibility index (Phi) is 6.15. The molecular formula is C22H25ClN4O. The lowest BCUT2D eigenvalue weighted by molar-refractivity contribution is 0.0948. The molecule has 6 heteroatoms. The second-order valence-electron chi connectivity index (χ2n) is 7.36. The van der Waals surface area contributed by atoms with Crippen molar-refractivity contribution in [3.05, 3.63) is 76.3 Å². The number of nitrogens with zero attached hydrogens (tertiary/aromatic N) is 3. The predicted molar refractivity (Wildman–Crippen MR) is 112 cm³/mol. The maximum absolute atomic E-state index is 13.2. The number of aromatic nitrogens is 3. The van der Waals surface area contributed by atoms with Crippen molar-refractivity contribution < 1.29 is 4.79 Å². The lowest BCUT2D eigenvalue weighted by Gasteiger charge is -2.14. The van der Waals surface area contributed by atoms with Crippen LogP contribution in [0.4, 0.5) is 0 Å². The molecule has 0 aliphatic heterocycles. The molecule has 1 amide bonds. The van der Waals surface area contributed by atoms with Crippen LogP contribution in [0.15, 0.2) is 48.8 Å². The highest BCUT2D eigenvalue weighted by Gasteiger charge is 2.28. The van der Waals surface area contributed by atoms with E-state index < -0.39 is 0 Å². The average molecular weight is 397 g/mol. The molecule has 0 saturated carbocycles. The molecule has 2 aromatic heterocycles. The van der Waals surface area contributed by atoms with Gasteiger partial charge in [-0.25, -0.2) is 4.68 Å². The number of rotatable bonds is 6. The zero-order valence-electron chi connectivity index (χ0n) is 16.6. The summed E-state index contributed by atoms with van der Waals surface area (Å²) < 4.78 is 1.82. The number of halogens is 1. The Morgan fingerprint density at radius 3 is 2.36 bits per heavy atom. The molecule has 0 atom stereocenters. The molecule has 0 bridgehead atoms. The number of carbonyl (C=O) groups is 1. The van der Waals surface area contributed by atoms with Crippen LogP contribution < -0.4 is 5.32 Å². The van der Waals surface area contributed by atoms with Gasteiger partial charge in [-0.15, -0.1) is 0 Å². The fourth-order valence-corrected chi connectivity index (χ4v) is 3.41. The van der Waals surface area contributed by atoms with E-state index >= 15 is 0 Å². The first-order valence-corrected chi connectivity index (χ1v) is 9.82. The molecule has 2 heterocycles. The summed E-state index contributed by atoms with van der Waals surface area (Å²) >= 11 is 6.43. The van der Waals surface area contributed by atoms with Crippen LogP contribution >= 0.6 is 11.6 Å². The minimum Gasteiger partial charge on any atom is -0.348 e. The van der Waals surface area contributed by atoms with Crippen molar-refractivity contribution in [1.29, 1.82) is 0 Å². The molecule has 0 spiro atoms. The Hall–Kier alpha value is -2.66. The summed E-state index contributed by atoms with van der Waals surface area (Å²) in [5, 5.41) is 8.43. The first kappa shape index (κ1) is 20.1. The molecule has 0 unspecified atom stereocenters. The van der Waals surface area contributed by atoms with Crippen molar-refractivity contribution >= 4 is 17.5 Å². The lowest BCUT2D eigenvalue weighted by atomic mass is 9.98. The second kappa shape index (κ2) is 8.57. The number of pyridine rings is 1. The molecule has 5 nitrogen and oxygen atoms in total. The van der Waals surface area contributed by atoms with Gasteiger partial charge < -0.3 is 5.32 Å². The summed E-state index contributed by atoms with van der Waals surface area (Å²) in [6.07, 6.45) is 3.44. The predicted octanol–water partition coefficient (Wildman–Crippen LogP) is 5.10. The summed E-state index contributed by atoms with van der Waals surface area (Å²) in [7, 11) is 0. The third-order valence-corrected chi connectivity index (χ3v) is 4.87. The summed E-state index contributed by atoms with van der Waals surface area (Å²) in [6, 6.07) is 11.3. The van der Waals surface area contributed by atoms with Gasteiger partial charge in [0.15, 0.2) is 0 Å². The van der Waals surface area contributed by atoms with Crippen molar-refractivity contribution in [2.75, 3.05) is 0 Å². The van der Waals surface area contributed by atoms with Crippen molar-refractivity contribution in [2.24, 2.45) is 0 Å². The quantitative estimate of drug-likeness (QED) is 0.630. The SMILES string of the molecule is CC(C)c1nn(-c2ccccc2Cl)c(C(C)C)c1C(=O)NCc1ccncc1. The van der Waals surface area contributed by atoms with Crippen LogP contribution in [0.1, 0.15) is 66.8 Å². The molecule has 3 aromatic rings. The van der Waals surface area contributed by atoms with E-state index in [0.29, 0.717) is 17.1 Å². The van der Waals surface area contributed by atoms with Gasteiger partial charge in [-0.1, -0.05) is 51.4 Å². The third-order valence-electron chi connectivity index (χ3n) is 4.55. The number of hydrogen-bond donors (Lipinski definition) is 1. The van der Waals surface area contributed by atoms with E-state index in [1.807, 2.05) is 54.9 Å². The zero-order valence-corrected chi connectivity index (χ0v) is 17.4. The van der Waals surface area contributed by atoms with Crippen molar-refractivity contribution in [2.45, 2.75) is 46.1 Å². The minimum absolute atomic E-state index is 0.0953. The number of nitrogens with one attached hydrogen (secondary N) is 1. The Morgan fingerprint density at radius 2 is 1.75 bits per heavy atom. The third kappa shape index (κ3) is 4.09. The molecule has 1 N–H and O–H groups in total. The molecule has 0 aliphatic carbocycles. The van der Waals surface area contributed by atoms with Crippen LogP contribution in [0.3, 0.4) is 0 Å². The van der Waals surface area contributed by atoms with E-state index in [1.165, 1.54) is 0 Å². The highest BCUT2D eigenvalue weighted by atomic mass is 35.5. The Balaban J connectivity index is 2.06. The smallest absolute Gasteiger partial charge is 0.255 e. The molecule has 0 aliphatic rings. The fourth-order valence-electron chi connectivity index (χ4n) is 3.20. The summed E-state index contributed by atoms with van der Waals surface area (Å²) in [5.74, 6) is 0.0726. The molecular weight excluding hydrogens is 372 g/mol. The zero-order chi connectivity index (χ0) is 20.3. The fraction of sp³-hybridized carbons (Fsp3) is 0.318. The number of hydrogen-bond acceptors (Lipinski definition) is 3. The summed E-state index contributed by atoms with van der Waals surface area (Å²) in [4.78, 5) is 17.2.